The summed E-state index contributed by atoms with van der Waals surface area (Å²) < 4.78 is 5.72. The first-order valence-electron chi connectivity index (χ1n) is 11.4. The van der Waals surface area contributed by atoms with Gasteiger partial charge in [0.05, 0.1) is 25.9 Å². The molecule has 0 aromatic heterocycles. The van der Waals surface area contributed by atoms with Crippen molar-refractivity contribution in [1.82, 2.24) is 0 Å². The lowest BCUT2D eigenvalue weighted by Gasteiger charge is -2.08. The highest BCUT2D eigenvalue weighted by Crippen LogP contribution is 2.22. The maximum Gasteiger partial charge on any atom is 0.128 e. The summed E-state index contributed by atoms with van der Waals surface area (Å²) in [6, 6.07) is 5.14. The molecular formula is C24H41NO4. The topological polar surface area (TPSA) is 82.3 Å². The van der Waals surface area contributed by atoms with E-state index in [9.17, 15) is 10.2 Å². The number of rotatable bonds is 18. The second kappa shape index (κ2) is 17.3. The van der Waals surface area contributed by atoms with Crippen LogP contribution in [0, 0.1) is 0 Å². The third-order valence-corrected chi connectivity index (χ3v) is 5.03. The van der Waals surface area contributed by atoms with E-state index in [-0.39, 0.29) is 18.9 Å². The van der Waals surface area contributed by atoms with E-state index in [1.807, 2.05) is 6.07 Å². The monoisotopic (exact) mass is 407 g/mol. The lowest BCUT2D eigenvalue weighted by atomic mass is 10.1. The van der Waals surface area contributed by atoms with E-state index in [1.54, 1.807) is 12.1 Å². The van der Waals surface area contributed by atoms with Crippen molar-refractivity contribution in [2.24, 2.45) is 4.99 Å². The predicted molar refractivity (Wildman–Crippen MR) is 120 cm³/mol. The fourth-order valence-electron chi connectivity index (χ4n) is 3.19. The summed E-state index contributed by atoms with van der Waals surface area (Å²) in [5, 5.41) is 28.0. The average Bonchev–Trinajstić information content (AvgIpc) is 2.72. The molecule has 29 heavy (non-hydrogen) atoms. The molecule has 0 amide bonds. The van der Waals surface area contributed by atoms with E-state index in [2.05, 4.69) is 11.9 Å². The van der Waals surface area contributed by atoms with Crippen LogP contribution in [0.1, 0.15) is 89.5 Å². The van der Waals surface area contributed by atoms with Gasteiger partial charge >= 0.3 is 0 Å². The fourth-order valence-corrected chi connectivity index (χ4v) is 3.19. The molecule has 1 atom stereocenters. The van der Waals surface area contributed by atoms with Crippen LogP contribution in [0.2, 0.25) is 0 Å². The van der Waals surface area contributed by atoms with Gasteiger partial charge in [0.25, 0.3) is 0 Å². The SMILES string of the molecule is CCCCCCCCCCCCCCOc1ccc(C=NCC(O)CO)c(O)c1. The van der Waals surface area contributed by atoms with Crippen LogP contribution in [0.3, 0.4) is 0 Å². The van der Waals surface area contributed by atoms with Gasteiger partial charge in [0.2, 0.25) is 0 Å². The highest BCUT2D eigenvalue weighted by Gasteiger charge is 2.03. The fraction of sp³-hybridized carbons (Fsp3) is 0.708. The van der Waals surface area contributed by atoms with Crippen LogP contribution >= 0.6 is 0 Å². The number of aliphatic hydroxyl groups is 2. The molecule has 0 spiro atoms. The van der Waals surface area contributed by atoms with Gasteiger partial charge in [0.1, 0.15) is 11.5 Å². The van der Waals surface area contributed by atoms with Gasteiger partial charge in [-0.3, -0.25) is 4.99 Å². The number of hydrogen-bond donors (Lipinski definition) is 3. The first kappa shape index (κ1) is 25.4. The number of benzene rings is 1. The van der Waals surface area contributed by atoms with Crippen molar-refractivity contribution < 1.29 is 20.1 Å². The van der Waals surface area contributed by atoms with Crippen molar-refractivity contribution in [3.8, 4) is 11.5 Å². The molecule has 3 N–H and O–H groups in total. The second-order valence-corrected chi connectivity index (χ2v) is 7.79. The van der Waals surface area contributed by atoms with Crippen LogP contribution in [-0.4, -0.2) is 47.4 Å². The second-order valence-electron chi connectivity index (χ2n) is 7.79. The molecule has 5 nitrogen and oxygen atoms in total. The number of unbranched alkanes of at least 4 members (excludes halogenated alkanes) is 11. The molecule has 1 rings (SSSR count). The zero-order valence-corrected chi connectivity index (χ0v) is 18.2. The van der Waals surface area contributed by atoms with Gasteiger partial charge in [-0.15, -0.1) is 0 Å². The van der Waals surface area contributed by atoms with Crippen molar-refractivity contribution in [3.05, 3.63) is 23.8 Å². The van der Waals surface area contributed by atoms with Gasteiger partial charge in [0.15, 0.2) is 0 Å². The van der Waals surface area contributed by atoms with E-state index in [4.69, 9.17) is 9.84 Å². The molecule has 166 valence electrons. The number of hydrogen-bond acceptors (Lipinski definition) is 5. The summed E-state index contributed by atoms with van der Waals surface area (Å²) in [6.45, 7) is 2.70. The largest absolute Gasteiger partial charge is 0.507 e. The Labute approximate surface area is 176 Å². The van der Waals surface area contributed by atoms with E-state index in [1.165, 1.54) is 76.8 Å². The van der Waals surface area contributed by atoms with E-state index in [0.717, 1.165) is 6.42 Å². The van der Waals surface area contributed by atoms with E-state index < -0.39 is 6.10 Å². The number of phenolic OH excluding ortho intramolecular Hbond substituents is 1. The Hall–Kier alpha value is -1.59. The lowest BCUT2D eigenvalue weighted by molar-refractivity contribution is 0.102. The Kier molecular flexibility index (Phi) is 15.2. The third kappa shape index (κ3) is 13.3. The minimum Gasteiger partial charge on any atom is -0.507 e. The molecule has 0 heterocycles. The Balaban J connectivity index is 2.05. The van der Waals surface area contributed by atoms with Crippen molar-refractivity contribution in [2.45, 2.75) is 90.1 Å². The maximum absolute atomic E-state index is 10.0. The van der Waals surface area contributed by atoms with Crippen molar-refractivity contribution in [3.63, 3.8) is 0 Å². The number of aromatic hydroxyl groups is 1. The summed E-state index contributed by atoms with van der Waals surface area (Å²) in [4.78, 5) is 4.01. The molecule has 0 aliphatic heterocycles. The van der Waals surface area contributed by atoms with Gasteiger partial charge in [-0.1, -0.05) is 77.6 Å². The molecule has 0 radical (unpaired) electrons. The number of ether oxygens (including phenoxy) is 1. The quantitative estimate of drug-likeness (QED) is 0.229. The summed E-state index contributed by atoms with van der Waals surface area (Å²) in [5.74, 6) is 0.748. The zero-order chi connectivity index (χ0) is 21.2. The molecule has 0 aliphatic rings. The molecule has 0 aliphatic carbocycles. The minimum atomic E-state index is -0.869. The summed E-state index contributed by atoms with van der Waals surface area (Å²) >= 11 is 0. The van der Waals surface area contributed by atoms with Gasteiger partial charge in [0, 0.05) is 17.8 Å². The molecule has 0 saturated heterocycles. The Morgan fingerprint density at radius 2 is 1.52 bits per heavy atom. The zero-order valence-electron chi connectivity index (χ0n) is 18.2. The standard InChI is InChI=1S/C24H41NO4/c1-2-3-4-5-6-7-8-9-10-11-12-13-16-29-23-15-14-21(24(28)17-23)18-25-19-22(27)20-26/h14-15,17-18,22,26-28H,2-13,16,19-20H2,1H3. The first-order chi connectivity index (χ1) is 14.2. The number of aliphatic imine (C=N–C) groups is 1. The third-order valence-electron chi connectivity index (χ3n) is 5.03. The van der Waals surface area contributed by atoms with Gasteiger partial charge < -0.3 is 20.1 Å². The Bertz CT molecular complexity index is 548. The minimum absolute atomic E-state index is 0.0967. The van der Waals surface area contributed by atoms with Crippen LogP contribution < -0.4 is 4.74 Å². The van der Waals surface area contributed by atoms with Crippen LogP contribution in [0.15, 0.2) is 23.2 Å². The Morgan fingerprint density at radius 1 is 0.931 bits per heavy atom. The molecule has 1 aromatic rings. The van der Waals surface area contributed by atoms with Crippen LogP contribution in [0.25, 0.3) is 0 Å². The summed E-state index contributed by atoms with van der Waals surface area (Å²) in [6.07, 6.45) is 16.4. The summed E-state index contributed by atoms with van der Waals surface area (Å²) in [7, 11) is 0. The molecular weight excluding hydrogens is 366 g/mol. The summed E-state index contributed by atoms with van der Waals surface area (Å²) in [5.41, 5.74) is 0.563. The number of aliphatic hydroxyl groups excluding tert-OH is 2. The lowest BCUT2D eigenvalue weighted by Crippen LogP contribution is -2.15. The highest BCUT2D eigenvalue weighted by molar-refractivity contribution is 5.83. The molecule has 1 aromatic carbocycles. The van der Waals surface area contributed by atoms with Crippen LogP contribution in [0.4, 0.5) is 0 Å². The van der Waals surface area contributed by atoms with Crippen molar-refractivity contribution in [2.75, 3.05) is 19.8 Å². The normalized spacial score (nSPS) is 12.5. The van der Waals surface area contributed by atoms with Gasteiger partial charge in [-0.2, -0.15) is 0 Å². The average molecular weight is 408 g/mol. The number of phenols is 1. The smallest absolute Gasteiger partial charge is 0.128 e. The number of nitrogens with zero attached hydrogens (tertiary/aromatic N) is 1. The Morgan fingerprint density at radius 3 is 2.07 bits per heavy atom. The van der Waals surface area contributed by atoms with Crippen LogP contribution in [0.5, 0.6) is 11.5 Å². The molecule has 0 bridgehead atoms. The van der Waals surface area contributed by atoms with Gasteiger partial charge in [-0.25, -0.2) is 0 Å². The van der Waals surface area contributed by atoms with E-state index in [0.29, 0.717) is 17.9 Å². The van der Waals surface area contributed by atoms with Crippen molar-refractivity contribution in [1.29, 1.82) is 0 Å². The molecule has 1 unspecified atom stereocenters. The molecule has 0 fully saturated rings. The van der Waals surface area contributed by atoms with Crippen LogP contribution in [-0.2, 0) is 0 Å². The van der Waals surface area contributed by atoms with Gasteiger partial charge in [-0.05, 0) is 18.6 Å². The predicted octanol–water partition coefficient (Wildman–Crippen LogP) is 5.24. The van der Waals surface area contributed by atoms with E-state index >= 15 is 0 Å². The highest BCUT2D eigenvalue weighted by atomic mass is 16.5. The molecule has 0 saturated carbocycles. The first-order valence-corrected chi connectivity index (χ1v) is 11.4. The maximum atomic E-state index is 10.0. The molecule has 5 heteroatoms. The van der Waals surface area contributed by atoms with Crippen molar-refractivity contribution >= 4 is 6.21 Å².